The van der Waals surface area contributed by atoms with E-state index in [0.29, 0.717) is 38.6 Å². The molecule has 28 heavy (non-hydrogen) atoms. The normalized spacial score (nSPS) is 11.9. The van der Waals surface area contributed by atoms with Crippen LogP contribution < -0.4 is 15.5 Å². The molecule has 2 aromatic rings. The predicted molar refractivity (Wildman–Crippen MR) is 122 cm³/mol. The summed E-state index contributed by atoms with van der Waals surface area (Å²) < 4.78 is 6.65. The first-order chi connectivity index (χ1) is 13.1. The van der Waals surface area contributed by atoms with E-state index in [-0.39, 0.29) is 5.91 Å². The Labute approximate surface area is 174 Å². The Morgan fingerprint density at radius 2 is 1.50 bits per heavy atom. The van der Waals surface area contributed by atoms with E-state index < -0.39 is 8.32 Å². The number of carbonyl (C=O) groups excluding carboxylic acids is 1. The highest BCUT2D eigenvalue weighted by atomic mass is 35.5. The summed E-state index contributed by atoms with van der Waals surface area (Å²) in [6, 6.07) is 12.3. The lowest BCUT2D eigenvalue weighted by atomic mass is 10.1. The van der Waals surface area contributed by atoms with Gasteiger partial charge in [-0.3, -0.25) is 4.79 Å². The highest BCUT2D eigenvalue weighted by Crippen LogP contribution is 2.43. The molecule has 3 N–H and O–H groups in total. The molecule has 1 amide bonds. The van der Waals surface area contributed by atoms with Gasteiger partial charge in [-0.1, -0.05) is 53.1 Å². The van der Waals surface area contributed by atoms with Gasteiger partial charge in [0.25, 0.3) is 14.2 Å². The summed E-state index contributed by atoms with van der Waals surface area (Å²) in [7, 11) is -2.07. The Hall–Kier alpha value is -1.98. The SMILES string of the molecule is CC(C)[Si](Oc1ccc(C(=O)Nc2ccc(Cl)cc2)c(N)c1)(C(C)C)C(C)C. The highest BCUT2D eigenvalue weighted by Gasteiger charge is 2.47. The molecule has 0 fully saturated rings. The molecule has 0 radical (unpaired) electrons. The van der Waals surface area contributed by atoms with Gasteiger partial charge in [0.2, 0.25) is 0 Å². The summed E-state index contributed by atoms with van der Waals surface area (Å²) in [6.07, 6.45) is 0. The van der Waals surface area contributed by atoms with Gasteiger partial charge in [-0.15, -0.1) is 0 Å². The van der Waals surface area contributed by atoms with E-state index in [4.69, 9.17) is 21.8 Å². The van der Waals surface area contributed by atoms with Gasteiger partial charge in [-0.25, -0.2) is 0 Å². The number of anilines is 2. The van der Waals surface area contributed by atoms with Crippen LogP contribution in [0.4, 0.5) is 11.4 Å². The van der Waals surface area contributed by atoms with Crippen LogP contribution in [0.2, 0.25) is 21.6 Å². The topological polar surface area (TPSA) is 64.3 Å². The highest BCUT2D eigenvalue weighted by molar-refractivity contribution is 6.78. The quantitative estimate of drug-likeness (QED) is 0.387. The number of rotatable bonds is 7. The Kier molecular flexibility index (Phi) is 7.18. The summed E-state index contributed by atoms with van der Waals surface area (Å²) in [4.78, 5) is 12.6. The van der Waals surface area contributed by atoms with E-state index in [1.807, 2.05) is 6.07 Å². The summed E-state index contributed by atoms with van der Waals surface area (Å²) in [5, 5.41) is 3.46. The van der Waals surface area contributed by atoms with Crippen LogP contribution in [0.5, 0.6) is 5.75 Å². The molecule has 0 saturated carbocycles. The van der Waals surface area contributed by atoms with Gasteiger partial charge in [-0.05, 0) is 53.0 Å². The number of nitrogens with one attached hydrogen (secondary N) is 1. The second kappa shape index (κ2) is 9.01. The second-order valence-electron chi connectivity index (χ2n) is 8.13. The number of halogens is 1. The van der Waals surface area contributed by atoms with Gasteiger partial charge in [0.15, 0.2) is 0 Å². The van der Waals surface area contributed by atoms with Crippen molar-refractivity contribution in [3.05, 3.63) is 53.1 Å². The second-order valence-corrected chi connectivity index (χ2v) is 13.9. The minimum Gasteiger partial charge on any atom is -0.543 e. The number of hydrogen-bond acceptors (Lipinski definition) is 3. The number of nitrogen functional groups attached to an aromatic ring is 1. The molecule has 0 aliphatic heterocycles. The summed E-state index contributed by atoms with van der Waals surface area (Å²) in [5.41, 5.74) is 9.08. The molecular weight excluding hydrogens is 388 g/mol. The standard InChI is InChI=1S/C22H31ClN2O2Si/c1-14(2)28(15(3)4,16(5)6)27-19-11-12-20(21(24)13-19)22(26)25-18-9-7-17(23)8-10-18/h7-16H,24H2,1-6H3,(H,25,26). The number of hydrogen-bond donors (Lipinski definition) is 2. The fraction of sp³-hybridized carbons (Fsp3) is 0.409. The Bertz CT molecular complexity index is 798. The van der Waals surface area contributed by atoms with Gasteiger partial charge in [-0.2, -0.15) is 0 Å². The van der Waals surface area contributed by atoms with E-state index in [9.17, 15) is 4.79 Å². The molecule has 152 valence electrons. The fourth-order valence-corrected chi connectivity index (χ4v) is 9.47. The minimum absolute atomic E-state index is 0.258. The number of amides is 1. The van der Waals surface area contributed by atoms with Crippen molar-refractivity contribution in [2.45, 2.75) is 58.2 Å². The average molecular weight is 419 g/mol. The third-order valence-electron chi connectivity index (χ3n) is 5.37. The van der Waals surface area contributed by atoms with Gasteiger partial charge >= 0.3 is 0 Å². The molecule has 0 atom stereocenters. The van der Waals surface area contributed by atoms with Crippen molar-refractivity contribution in [1.29, 1.82) is 0 Å². The third kappa shape index (κ3) is 4.70. The predicted octanol–water partition coefficient (Wildman–Crippen LogP) is 6.73. The number of benzene rings is 2. The zero-order chi connectivity index (χ0) is 21.1. The third-order valence-corrected chi connectivity index (χ3v) is 11.6. The van der Waals surface area contributed by atoms with E-state index >= 15 is 0 Å². The molecule has 6 heteroatoms. The molecular formula is C22H31ClN2O2Si. The average Bonchev–Trinajstić information content (AvgIpc) is 2.60. The van der Waals surface area contributed by atoms with Crippen LogP contribution in [-0.2, 0) is 0 Å². The maximum Gasteiger partial charge on any atom is 0.258 e. The van der Waals surface area contributed by atoms with Crippen LogP contribution in [-0.4, -0.2) is 14.2 Å². The maximum atomic E-state index is 12.6. The van der Waals surface area contributed by atoms with Crippen LogP contribution in [0.1, 0.15) is 51.9 Å². The first kappa shape index (κ1) is 22.3. The van der Waals surface area contributed by atoms with E-state index in [0.717, 1.165) is 5.75 Å². The van der Waals surface area contributed by atoms with Gasteiger partial charge < -0.3 is 15.5 Å². The van der Waals surface area contributed by atoms with Crippen molar-refractivity contribution in [2.75, 3.05) is 11.1 Å². The van der Waals surface area contributed by atoms with E-state index in [2.05, 4.69) is 46.9 Å². The molecule has 0 saturated heterocycles. The molecule has 0 bridgehead atoms. The zero-order valence-corrected chi connectivity index (χ0v) is 19.3. The molecule has 0 unspecified atom stereocenters. The number of nitrogens with two attached hydrogens (primary N) is 1. The van der Waals surface area contributed by atoms with Crippen molar-refractivity contribution in [1.82, 2.24) is 0 Å². The molecule has 0 spiro atoms. The summed E-state index contributed by atoms with van der Waals surface area (Å²) in [6.45, 7) is 13.4. The fourth-order valence-electron chi connectivity index (χ4n) is 4.10. The first-order valence-electron chi connectivity index (χ1n) is 9.73. The van der Waals surface area contributed by atoms with Gasteiger partial charge in [0.05, 0.1) is 5.56 Å². The minimum atomic E-state index is -2.07. The Morgan fingerprint density at radius 1 is 0.964 bits per heavy atom. The van der Waals surface area contributed by atoms with Crippen LogP contribution in [0.3, 0.4) is 0 Å². The molecule has 0 heterocycles. The lowest BCUT2D eigenvalue weighted by Crippen LogP contribution is -2.50. The molecule has 0 aliphatic carbocycles. The van der Waals surface area contributed by atoms with Crippen molar-refractivity contribution in [2.24, 2.45) is 0 Å². The van der Waals surface area contributed by atoms with Crippen molar-refractivity contribution in [3.8, 4) is 5.75 Å². The number of carbonyl (C=O) groups is 1. The van der Waals surface area contributed by atoms with E-state index in [1.165, 1.54) is 0 Å². The molecule has 2 rings (SSSR count). The largest absolute Gasteiger partial charge is 0.543 e. The summed E-state index contributed by atoms with van der Waals surface area (Å²) in [5.74, 6) is 0.481. The van der Waals surface area contributed by atoms with Crippen LogP contribution >= 0.6 is 11.6 Å². The summed E-state index contributed by atoms with van der Waals surface area (Å²) >= 11 is 5.88. The first-order valence-corrected chi connectivity index (χ1v) is 12.2. The Balaban J connectivity index is 2.25. The van der Waals surface area contributed by atoms with Gasteiger partial charge in [0, 0.05) is 22.5 Å². The van der Waals surface area contributed by atoms with Crippen molar-refractivity contribution >= 4 is 37.2 Å². The van der Waals surface area contributed by atoms with Crippen molar-refractivity contribution < 1.29 is 9.22 Å². The Morgan fingerprint density at radius 3 is 1.96 bits per heavy atom. The van der Waals surface area contributed by atoms with Crippen LogP contribution in [0, 0.1) is 0 Å². The monoisotopic (exact) mass is 418 g/mol. The lowest BCUT2D eigenvalue weighted by Gasteiger charge is -2.42. The molecule has 2 aromatic carbocycles. The maximum absolute atomic E-state index is 12.6. The smallest absolute Gasteiger partial charge is 0.258 e. The molecule has 0 aliphatic rings. The van der Waals surface area contributed by atoms with Crippen LogP contribution in [0.25, 0.3) is 0 Å². The van der Waals surface area contributed by atoms with E-state index in [1.54, 1.807) is 36.4 Å². The lowest BCUT2D eigenvalue weighted by molar-refractivity contribution is 0.102. The van der Waals surface area contributed by atoms with Crippen LogP contribution in [0.15, 0.2) is 42.5 Å². The molecule has 4 nitrogen and oxygen atoms in total. The van der Waals surface area contributed by atoms with Gasteiger partial charge in [0.1, 0.15) is 5.75 Å². The molecule has 0 aromatic heterocycles. The zero-order valence-electron chi connectivity index (χ0n) is 17.5. The van der Waals surface area contributed by atoms with Crippen molar-refractivity contribution in [3.63, 3.8) is 0 Å².